The number of carbonyl (C=O) groups excluding carboxylic acids is 1. The summed E-state index contributed by atoms with van der Waals surface area (Å²) < 4.78 is 23.8. The highest BCUT2D eigenvalue weighted by Crippen LogP contribution is 2.08. The van der Waals surface area contributed by atoms with E-state index >= 15 is 0 Å². The predicted molar refractivity (Wildman–Crippen MR) is 69.4 cm³/mol. The first-order chi connectivity index (χ1) is 7.74. The van der Waals surface area contributed by atoms with E-state index in [-0.39, 0.29) is 17.7 Å². The minimum atomic E-state index is -3.42. The van der Waals surface area contributed by atoms with Gasteiger partial charge in [-0.25, -0.2) is 8.42 Å². The fraction of sp³-hybridized carbons (Fsp3) is 0.909. The molecule has 0 rings (SSSR count). The van der Waals surface area contributed by atoms with Gasteiger partial charge in [-0.3, -0.25) is 4.79 Å². The standard InChI is InChI=1S/C11H24N2O3S/c1-5-9(3)13-11(14)10(4)17(15,16)7-8(2)6-12/h8-10H,5-7,12H2,1-4H3,(H,13,14). The molecule has 0 fully saturated rings. The van der Waals surface area contributed by atoms with E-state index in [1.54, 1.807) is 6.92 Å². The number of sulfone groups is 1. The van der Waals surface area contributed by atoms with Gasteiger partial charge in [-0.15, -0.1) is 0 Å². The summed E-state index contributed by atoms with van der Waals surface area (Å²) >= 11 is 0. The Kier molecular flexibility index (Phi) is 6.70. The van der Waals surface area contributed by atoms with Crippen LogP contribution in [0.5, 0.6) is 0 Å². The minimum Gasteiger partial charge on any atom is -0.353 e. The van der Waals surface area contributed by atoms with Crippen molar-refractivity contribution in [3.05, 3.63) is 0 Å². The molecule has 3 atom stereocenters. The van der Waals surface area contributed by atoms with Crippen molar-refractivity contribution in [2.45, 2.75) is 45.4 Å². The summed E-state index contributed by atoms with van der Waals surface area (Å²) in [5, 5.41) is 1.67. The summed E-state index contributed by atoms with van der Waals surface area (Å²) in [6, 6.07) is -0.00733. The van der Waals surface area contributed by atoms with Crippen LogP contribution < -0.4 is 11.1 Å². The first-order valence-corrected chi connectivity index (χ1v) is 7.68. The van der Waals surface area contributed by atoms with E-state index in [9.17, 15) is 13.2 Å². The van der Waals surface area contributed by atoms with Gasteiger partial charge < -0.3 is 11.1 Å². The SMILES string of the molecule is CCC(C)NC(=O)C(C)S(=O)(=O)CC(C)CN. The number of rotatable bonds is 7. The zero-order valence-electron chi connectivity index (χ0n) is 11.1. The van der Waals surface area contributed by atoms with Crippen molar-refractivity contribution in [3.8, 4) is 0 Å². The fourth-order valence-corrected chi connectivity index (χ4v) is 2.85. The molecule has 0 saturated heterocycles. The Balaban J connectivity index is 4.57. The highest BCUT2D eigenvalue weighted by molar-refractivity contribution is 7.92. The minimum absolute atomic E-state index is 0.00733. The number of nitrogens with two attached hydrogens (primary N) is 1. The van der Waals surface area contributed by atoms with Crippen molar-refractivity contribution in [1.29, 1.82) is 0 Å². The average molecular weight is 264 g/mol. The third kappa shape index (κ3) is 5.50. The molecule has 3 unspecified atom stereocenters. The lowest BCUT2D eigenvalue weighted by molar-refractivity contribution is -0.121. The van der Waals surface area contributed by atoms with Gasteiger partial charge in [-0.1, -0.05) is 13.8 Å². The van der Waals surface area contributed by atoms with Gasteiger partial charge in [0.1, 0.15) is 5.25 Å². The second kappa shape index (κ2) is 6.96. The van der Waals surface area contributed by atoms with Crippen LogP contribution >= 0.6 is 0 Å². The van der Waals surface area contributed by atoms with Crippen molar-refractivity contribution in [2.24, 2.45) is 11.7 Å². The maximum Gasteiger partial charge on any atom is 0.238 e. The van der Waals surface area contributed by atoms with Crippen molar-refractivity contribution in [3.63, 3.8) is 0 Å². The highest BCUT2D eigenvalue weighted by atomic mass is 32.2. The van der Waals surface area contributed by atoms with E-state index < -0.39 is 21.0 Å². The van der Waals surface area contributed by atoms with Crippen LogP contribution in [0.3, 0.4) is 0 Å². The largest absolute Gasteiger partial charge is 0.353 e. The van der Waals surface area contributed by atoms with Gasteiger partial charge in [0.05, 0.1) is 5.75 Å². The Bertz CT molecular complexity index is 341. The third-order valence-corrected chi connectivity index (χ3v) is 5.15. The van der Waals surface area contributed by atoms with Gasteiger partial charge in [0.15, 0.2) is 9.84 Å². The van der Waals surface area contributed by atoms with Crippen molar-refractivity contribution in [2.75, 3.05) is 12.3 Å². The molecule has 0 saturated carbocycles. The number of hydrogen-bond donors (Lipinski definition) is 2. The highest BCUT2D eigenvalue weighted by Gasteiger charge is 2.29. The molecule has 0 spiro atoms. The predicted octanol–water partition coefficient (Wildman–Crippen LogP) is 0.299. The number of amides is 1. The normalized spacial score (nSPS) is 17.2. The molecule has 17 heavy (non-hydrogen) atoms. The third-order valence-electron chi connectivity index (χ3n) is 2.83. The molecule has 0 bridgehead atoms. The molecule has 0 aromatic rings. The Morgan fingerprint density at radius 1 is 1.29 bits per heavy atom. The zero-order valence-corrected chi connectivity index (χ0v) is 11.9. The van der Waals surface area contributed by atoms with Crippen molar-refractivity contribution >= 4 is 15.7 Å². The van der Waals surface area contributed by atoms with Crippen molar-refractivity contribution in [1.82, 2.24) is 5.32 Å². The summed E-state index contributed by atoms with van der Waals surface area (Å²) in [6.07, 6.45) is 0.776. The first-order valence-electron chi connectivity index (χ1n) is 5.96. The first kappa shape index (κ1) is 16.4. The smallest absolute Gasteiger partial charge is 0.238 e. The fourth-order valence-electron chi connectivity index (χ4n) is 1.23. The van der Waals surface area contributed by atoms with Gasteiger partial charge in [0, 0.05) is 6.04 Å². The van der Waals surface area contributed by atoms with Crippen LogP contribution in [0.2, 0.25) is 0 Å². The number of nitrogens with one attached hydrogen (secondary N) is 1. The molecule has 0 aromatic heterocycles. The quantitative estimate of drug-likeness (QED) is 0.692. The molecule has 0 aliphatic carbocycles. The summed E-state index contributed by atoms with van der Waals surface area (Å²) in [7, 11) is -3.42. The van der Waals surface area contributed by atoms with Gasteiger partial charge in [-0.05, 0) is 32.7 Å². The van der Waals surface area contributed by atoms with Crippen LogP contribution in [0, 0.1) is 5.92 Å². The van der Waals surface area contributed by atoms with Crippen molar-refractivity contribution < 1.29 is 13.2 Å². The Hall–Kier alpha value is -0.620. The second-order valence-corrected chi connectivity index (χ2v) is 7.00. The van der Waals surface area contributed by atoms with E-state index in [0.29, 0.717) is 6.54 Å². The molecular weight excluding hydrogens is 240 g/mol. The van der Waals surface area contributed by atoms with E-state index in [1.807, 2.05) is 13.8 Å². The summed E-state index contributed by atoms with van der Waals surface area (Å²) in [6.45, 7) is 7.27. The summed E-state index contributed by atoms with van der Waals surface area (Å²) in [4.78, 5) is 11.7. The molecule has 0 aliphatic heterocycles. The Morgan fingerprint density at radius 2 is 1.82 bits per heavy atom. The van der Waals surface area contributed by atoms with Crippen LogP contribution in [-0.4, -0.2) is 37.9 Å². The maximum absolute atomic E-state index is 11.9. The monoisotopic (exact) mass is 264 g/mol. The molecule has 3 N–H and O–H groups in total. The molecule has 6 heteroatoms. The van der Waals surface area contributed by atoms with Crippen LogP contribution in [0.1, 0.15) is 34.1 Å². The molecule has 1 amide bonds. The lowest BCUT2D eigenvalue weighted by atomic mass is 10.2. The molecule has 5 nitrogen and oxygen atoms in total. The lowest BCUT2D eigenvalue weighted by Gasteiger charge is -2.18. The topological polar surface area (TPSA) is 89.3 Å². The van der Waals surface area contributed by atoms with E-state index in [0.717, 1.165) is 6.42 Å². The van der Waals surface area contributed by atoms with Crippen LogP contribution in [0.15, 0.2) is 0 Å². The van der Waals surface area contributed by atoms with E-state index in [4.69, 9.17) is 5.73 Å². The summed E-state index contributed by atoms with van der Waals surface area (Å²) in [5.74, 6) is -0.596. The molecule has 0 aliphatic rings. The zero-order chi connectivity index (χ0) is 13.6. The van der Waals surface area contributed by atoms with Gasteiger partial charge >= 0.3 is 0 Å². The average Bonchev–Trinajstić information content (AvgIpc) is 2.26. The summed E-state index contributed by atoms with van der Waals surface area (Å²) in [5.41, 5.74) is 5.39. The molecule has 0 radical (unpaired) electrons. The number of hydrogen-bond acceptors (Lipinski definition) is 4. The molecule has 0 heterocycles. The van der Waals surface area contributed by atoms with Crippen LogP contribution in [0.25, 0.3) is 0 Å². The lowest BCUT2D eigenvalue weighted by Crippen LogP contribution is -2.43. The van der Waals surface area contributed by atoms with Crippen LogP contribution in [-0.2, 0) is 14.6 Å². The van der Waals surface area contributed by atoms with E-state index in [2.05, 4.69) is 5.32 Å². The van der Waals surface area contributed by atoms with Gasteiger partial charge in [0.2, 0.25) is 5.91 Å². The Labute approximate surface area is 104 Å². The molecule has 102 valence electrons. The van der Waals surface area contributed by atoms with Gasteiger partial charge in [0.25, 0.3) is 0 Å². The van der Waals surface area contributed by atoms with E-state index in [1.165, 1.54) is 6.92 Å². The molecular formula is C11H24N2O3S. The molecule has 0 aromatic carbocycles. The Morgan fingerprint density at radius 3 is 2.24 bits per heavy atom. The number of carbonyl (C=O) groups is 1. The van der Waals surface area contributed by atoms with Gasteiger partial charge in [-0.2, -0.15) is 0 Å². The second-order valence-electron chi connectivity index (χ2n) is 4.63. The van der Waals surface area contributed by atoms with Crippen LogP contribution in [0.4, 0.5) is 0 Å². The maximum atomic E-state index is 11.9.